The lowest BCUT2D eigenvalue weighted by atomic mass is 9.83. The lowest BCUT2D eigenvalue weighted by Crippen LogP contribution is -2.40. The van der Waals surface area contributed by atoms with E-state index in [1.807, 2.05) is 51.1 Å². The third-order valence-electron chi connectivity index (χ3n) is 4.18. The van der Waals surface area contributed by atoms with Crippen molar-refractivity contribution in [3.63, 3.8) is 0 Å². The molecule has 23 heavy (non-hydrogen) atoms. The van der Waals surface area contributed by atoms with E-state index in [2.05, 4.69) is 4.90 Å². The average Bonchev–Trinajstić information content (AvgIpc) is 2.52. The Morgan fingerprint density at radius 1 is 1.22 bits per heavy atom. The third kappa shape index (κ3) is 6.34. The van der Waals surface area contributed by atoms with Gasteiger partial charge in [0.15, 0.2) is 0 Å². The van der Waals surface area contributed by atoms with E-state index in [1.165, 1.54) is 5.56 Å². The van der Waals surface area contributed by atoms with Crippen molar-refractivity contribution in [1.82, 2.24) is 4.90 Å². The highest BCUT2D eigenvalue weighted by molar-refractivity contribution is 5.84. The highest BCUT2D eigenvalue weighted by Crippen LogP contribution is 2.30. The zero-order valence-corrected chi connectivity index (χ0v) is 14.1. The van der Waals surface area contributed by atoms with Gasteiger partial charge < -0.3 is 0 Å². The van der Waals surface area contributed by atoms with Crippen LogP contribution in [0.2, 0.25) is 0 Å². The van der Waals surface area contributed by atoms with Gasteiger partial charge in [0.25, 0.3) is 0 Å². The maximum atomic E-state index is 12.3. The van der Waals surface area contributed by atoms with E-state index >= 15 is 0 Å². The quantitative estimate of drug-likeness (QED) is 0.798. The summed E-state index contributed by atoms with van der Waals surface area (Å²) in [5.74, 6) is -1.64. The molecule has 0 N–H and O–H groups in total. The summed E-state index contributed by atoms with van der Waals surface area (Å²) in [6.07, 6.45) is -4.42. The second-order valence-electron chi connectivity index (χ2n) is 5.87. The standard InChI is InChI=1S/C16H20F3NO.C2H6/c1-12-10-20(11-13-5-3-2-4-6-13)8-7-14(12)9-15(21)16(17,18)19;1-2/h2-6,12,14H,7-11H2,1H3;1-2H3. The van der Waals surface area contributed by atoms with Crippen molar-refractivity contribution in [3.05, 3.63) is 35.9 Å². The number of likely N-dealkylation sites (tertiary alicyclic amines) is 1. The van der Waals surface area contributed by atoms with Crippen LogP contribution in [0.3, 0.4) is 0 Å². The Morgan fingerprint density at radius 2 is 1.83 bits per heavy atom. The van der Waals surface area contributed by atoms with Gasteiger partial charge in [-0.15, -0.1) is 0 Å². The average molecular weight is 329 g/mol. The molecule has 2 rings (SSSR count). The van der Waals surface area contributed by atoms with Gasteiger partial charge in [-0.1, -0.05) is 51.1 Å². The van der Waals surface area contributed by atoms with Crippen LogP contribution in [0.25, 0.3) is 0 Å². The largest absolute Gasteiger partial charge is 0.449 e. The van der Waals surface area contributed by atoms with Crippen LogP contribution >= 0.6 is 0 Å². The fourth-order valence-corrected chi connectivity index (χ4v) is 2.92. The van der Waals surface area contributed by atoms with Crippen LogP contribution in [0.15, 0.2) is 30.3 Å². The van der Waals surface area contributed by atoms with Crippen molar-refractivity contribution < 1.29 is 18.0 Å². The Morgan fingerprint density at radius 3 is 2.35 bits per heavy atom. The number of carbonyl (C=O) groups excluding carboxylic acids is 1. The molecular formula is C18H26F3NO. The van der Waals surface area contributed by atoms with E-state index in [0.717, 1.165) is 19.6 Å². The monoisotopic (exact) mass is 329 g/mol. The van der Waals surface area contributed by atoms with Gasteiger partial charge in [0.2, 0.25) is 5.78 Å². The van der Waals surface area contributed by atoms with E-state index in [9.17, 15) is 18.0 Å². The number of rotatable bonds is 4. The molecule has 0 aromatic heterocycles. The number of halogens is 3. The number of ketones is 1. The van der Waals surface area contributed by atoms with Crippen LogP contribution in [0.1, 0.15) is 39.2 Å². The predicted molar refractivity (Wildman–Crippen MR) is 86.0 cm³/mol. The van der Waals surface area contributed by atoms with Gasteiger partial charge in [-0.3, -0.25) is 9.69 Å². The maximum absolute atomic E-state index is 12.3. The SMILES string of the molecule is CC.CC1CN(Cc2ccccc2)CCC1CC(=O)C(F)(F)F. The van der Waals surface area contributed by atoms with Gasteiger partial charge in [-0.2, -0.15) is 13.2 Å². The highest BCUT2D eigenvalue weighted by atomic mass is 19.4. The molecule has 1 saturated heterocycles. The Bertz CT molecular complexity index is 473. The first kappa shape index (κ1) is 19.7. The van der Waals surface area contributed by atoms with E-state index in [0.29, 0.717) is 6.42 Å². The van der Waals surface area contributed by atoms with Gasteiger partial charge >= 0.3 is 6.18 Å². The molecule has 1 aromatic rings. The van der Waals surface area contributed by atoms with Crippen LogP contribution in [0, 0.1) is 11.8 Å². The molecule has 1 aromatic carbocycles. The number of alkyl halides is 3. The number of hydrogen-bond acceptors (Lipinski definition) is 2. The summed E-state index contributed by atoms with van der Waals surface area (Å²) in [7, 11) is 0. The summed E-state index contributed by atoms with van der Waals surface area (Å²) in [4.78, 5) is 13.4. The second-order valence-corrected chi connectivity index (χ2v) is 5.87. The van der Waals surface area contributed by atoms with Crippen LogP contribution in [-0.2, 0) is 11.3 Å². The first-order valence-corrected chi connectivity index (χ1v) is 8.22. The molecule has 0 amide bonds. The maximum Gasteiger partial charge on any atom is 0.449 e. The molecule has 130 valence electrons. The smallest absolute Gasteiger partial charge is 0.299 e. The molecule has 0 spiro atoms. The van der Waals surface area contributed by atoms with Crippen molar-refractivity contribution in [1.29, 1.82) is 0 Å². The first-order chi connectivity index (χ1) is 10.9. The van der Waals surface area contributed by atoms with Crippen molar-refractivity contribution >= 4 is 5.78 Å². The summed E-state index contributed by atoms with van der Waals surface area (Å²) in [6.45, 7) is 8.23. The lowest BCUT2D eigenvalue weighted by Gasteiger charge is -2.36. The van der Waals surface area contributed by atoms with Gasteiger partial charge in [0, 0.05) is 19.5 Å². The number of carbonyl (C=O) groups is 1. The van der Waals surface area contributed by atoms with Gasteiger partial charge in [-0.25, -0.2) is 0 Å². The minimum atomic E-state index is -4.69. The molecule has 5 heteroatoms. The normalized spacial score (nSPS) is 22.2. The fourth-order valence-electron chi connectivity index (χ4n) is 2.92. The second kappa shape index (κ2) is 9.06. The Kier molecular flexibility index (Phi) is 7.76. The third-order valence-corrected chi connectivity index (χ3v) is 4.18. The Hall–Kier alpha value is -1.36. The molecule has 1 fully saturated rings. The van der Waals surface area contributed by atoms with E-state index in [1.54, 1.807) is 0 Å². The molecule has 2 atom stereocenters. The van der Waals surface area contributed by atoms with Crippen molar-refractivity contribution in [2.75, 3.05) is 13.1 Å². The van der Waals surface area contributed by atoms with Crippen LogP contribution < -0.4 is 0 Å². The summed E-state index contributed by atoms with van der Waals surface area (Å²) < 4.78 is 37.0. The summed E-state index contributed by atoms with van der Waals surface area (Å²) in [5.41, 5.74) is 1.20. The molecular weight excluding hydrogens is 303 g/mol. The summed E-state index contributed by atoms with van der Waals surface area (Å²) >= 11 is 0. The Balaban J connectivity index is 0.00000127. The summed E-state index contributed by atoms with van der Waals surface area (Å²) in [6, 6.07) is 10.0. The topological polar surface area (TPSA) is 20.3 Å². The van der Waals surface area contributed by atoms with Crippen LogP contribution in [0.4, 0.5) is 13.2 Å². The minimum Gasteiger partial charge on any atom is -0.299 e. The fraction of sp³-hybridized carbons (Fsp3) is 0.611. The van der Waals surface area contributed by atoms with Gasteiger partial charge in [0.1, 0.15) is 0 Å². The number of Topliss-reactive ketones (excluding diaryl/α,β-unsaturated/α-hetero) is 1. The molecule has 1 heterocycles. The first-order valence-electron chi connectivity index (χ1n) is 8.22. The number of nitrogens with zero attached hydrogens (tertiary/aromatic N) is 1. The zero-order chi connectivity index (χ0) is 17.5. The molecule has 2 unspecified atom stereocenters. The van der Waals surface area contributed by atoms with Crippen molar-refractivity contribution in [3.8, 4) is 0 Å². The molecule has 0 radical (unpaired) electrons. The van der Waals surface area contributed by atoms with E-state index in [-0.39, 0.29) is 18.3 Å². The van der Waals surface area contributed by atoms with Gasteiger partial charge in [0.05, 0.1) is 0 Å². The summed E-state index contributed by atoms with van der Waals surface area (Å²) in [5, 5.41) is 0. The molecule has 0 bridgehead atoms. The molecule has 0 saturated carbocycles. The molecule has 1 aliphatic heterocycles. The molecule has 0 aliphatic carbocycles. The minimum absolute atomic E-state index is 0.105. The van der Waals surface area contributed by atoms with Crippen molar-refractivity contribution in [2.45, 2.75) is 46.3 Å². The van der Waals surface area contributed by atoms with Gasteiger partial charge in [-0.05, 0) is 30.4 Å². The highest BCUT2D eigenvalue weighted by Gasteiger charge is 2.40. The van der Waals surface area contributed by atoms with E-state index < -0.39 is 12.0 Å². The van der Waals surface area contributed by atoms with Crippen molar-refractivity contribution in [2.24, 2.45) is 11.8 Å². The lowest BCUT2D eigenvalue weighted by molar-refractivity contribution is -0.172. The van der Waals surface area contributed by atoms with Crippen LogP contribution in [0.5, 0.6) is 0 Å². The van der Waals surface area contributed by atoms with E-state index in [4.69, 9.17) is 0 Å². The predicted octanol–water partition coefficient (Wildman–Crippen LogP) is 4.69. The van der Waals surface area contributed by atoms with Crippen LogP contribution in [-0.4, -0.2) is 29.9 Å². The Labute approximate surface area is 136 Å². The zero-order valence-electron chi connectivity index (χ0n) is 14.1. The number of hydrogen-bond donors (Lipinski definition) is 0. The molecule has 1 aliphatic rings. The molecule has 2 nitrogen and oxygen atoms in total. The number of piperidine rings is 1. The number of benzene rings is 1.